The van der Waals surface area contributed by atoms with Gasteiger partial charge in [-0.3, -0.25) is 5.10 Å². The van der Waals surface area contributed by atoms with E-state index in [1.165, 1.54) is 0 Å². The number of aromatic hydroxyl groups is 1. The van der Waals surface area contributed by atoms with Crippen LogP contribution < -0.4 is 9.47 Å². The number of phenols is 1. The summed E-state index contributed by atoms with van der Waals surface area (Å²) in [5.74, 6) is 1.62. The summed E-state index contributed by atoms with van der Waals surface area (Å²) in [6, 6.07) is 11.4. The average Bonchev–Trinajstić information content (AvgIpc) is 2.98. The number of ether oxygens (including phenoxy) is 2. The second-order valence-electron chi connectivity index (χ2n) is 5.59. The van der Waals surface area contributed by atoms with E-state index in [-0.39, 0.29) is 5.75 Å². The van der Waals surface area contributed by atoms with Crippen LogP contribution in [0.2, 0.25) is 0 Å². The van der Waals surface area contributed by atoms with Gasteiger partial charge < -0.3 is 14.6 Å². The molecule has 5 nitrogen and oxygen atoms in total. The van der Waals surface area contributed by atoms with Crippen molar-refractivity contribution in [2.24, 2.45) is 0 Å². The summed E-state index contributed by atoms with van der Waals surface area (Å²) in [6.45, 7) is 3.79. The van der Waals surface area contributed by atoms with Gasteiger partial charge in [0.25, 0.3) is 0 Å². The van der Waals surface area contributed by atoms with Gasteiger partial charge in [0.2, 0.25) is 0 Å². The molecule has 0 radical (unpaired) electrons. The number of nitrogens with zero attached hydrogens (tertiary/aromatic N) is 1. The van der Waals surface area contributed by atoms with Gasteiger partial charge in [-0.15, -0.1) is 0 Å². The molecular weight excluding hydrogens is 304 g/mol. The smallest absolute Gasteiger partial charge is 0.131 e. The molecule has 1 heterocycles. The summed E-state index contributed by atoms with van der Waals surface area (Å²) in [7, 11) is 3.23. The monoisotopic (exact) mass is 324 g/mol. The predicted octanol–water partition coefficient (Wildman–Crippen LogP) is 4.08. The third kappa shape index (κ3) is 2.58. The van der Waals surface area contributed by atoms with Crippen LogP contribution in [0.15, 0.2) is 36.4 Å². The highest BCUT2D eigenvalue weighted by molar-refractivity contribution is 5.86. The SMILES string of the molecule is COc1ccc(-c2c(-c3ccc(OC)c(C)c3O)n[nH]c2C)cc1. The van der Waals surface area contributed by atoms with E-state index in [0.29, 0.717) is 22.6 Å². The van der Waals surface area contributed by atoms with Crippen LogP contribution in [0.1, 0.15) is 11.3 Å². The van der Waals surface area contributed by atoms with Crippen molar-refractivity contribution in [2.75, 3.05) is 14.2 Å². The van der Waals surface area contributed by atoms with Crippen molar-refractivity contribution >= 4 is 0 Å². The molecule has 0 aliphatic rings. The first kappa shape index (κ1) is 15.9. The molecule has 0 fully saturated rings. The summed E-state index contributed by atoms with van der Waals surface area (Å²) in [4.78, 5) is 0. The van der Waals surface area contributed by atoms with Crippen molar-refractivity contribution in [3.8, 4) is 39.6 Å². The Morgan fingerprint density at radius 3 is 2.29 bits per heavy atom. The molecule has 24 heavy (non-hydrogen) atoms. The highest BCUT2D eigenvalue weighted by Crippen LogP contribution is 2.41. The fourth-order valence-electron chi connectivity index (χ4n) is 2.83. The van der Waals surface area contributed by atoms with Gasteiger partial charge in [0.1, 0.15) is 22.9 Å². The van der Waals surface area contributed by atoms with Crippen molar-refractivity contribution in [2.45, 2.75) is 13.8 Å². The van der Waals surface area contributed by atoms with Crippen LogP contribution in [-0.2, 0) is 0 Å². The molecule has 0 saturated carbocycles. The topological polar surface area (TPSA) is 67.4 Å². The fourth-order valence-corrected chi connectivity index (χ4v) is 2.83. The first-order valence-corrected chi connectivity index (χ1v) is 7.63. The number of nitrogens with one attached hydrogen (secondary N) is 1. The molecule has 0 amide bonds. The number of benzene rings is 2. The molecule has 0 atom stereocenters. The third-order valence-corrected chi connectivity index (χ3v) is 4.18. The molecule has 0 aliphatic carbocycles. The Morgan fingerprint density at radius 1 is 0.958 bits per heavy atom. The predicted molar refractivity (Wildman–Crippen MR) is 93.7 cm³/mol. The Bertz CT molecular complexity index is 867. The molecule has 0 aliphatic heterocycles. The third-order valence-electron chi connectivity index (χ3n) is 4.18. The summed E-state index contributed by atoms with van der Waals surface area (Å²) in [5.41, 5.74) is 4.96. The lowest BCUT2D eigenvalue weighted by molar-refractivity contribution is 0.403. The number of aromatic nitrogens is 2. The van der Waals surface area contributed by atoms with Gasteiger partial charge in [-0.05, 0) is 43.7 Å². The normalized spacial score (nSPS) is 10.7. The fraction of sp³-hybridized carbons (Fsp3) is 0.211. The molecule has 0 unspecified atom stereocenters. The highest BCUT2D eigenvalue weighted by Gasteiger charge is 2.19. The zero-order valence-electron chi connectivity index (χ0n) is 14.2. The molecule has 0 bridgehead atoms. The molecule has 3 aromatic rings. The van der Waals surface area contributed by atoms with Crippen LogP contribution in [0.25, 0.3) is 22.4 Å². The Hall–Kier alpha value is -2.95. The maximum atomic E-state index is 10.6. The van der Waals surface area contributed by atoms with E-state index in [2.05, 4.69) is 10.2 Å². The number of methoxy groups -OCH3 is 2. The van der Waals surface area contributed by atoms with E-state index in [4.69, 9.17) is 9.47 Å². The van der Waals surface area contributed by atoms with Crippen molar-refractivity contribution in [1.29, 1.82) is 0 Å². The van der Waals surface area contributed by atoms with Crippen molar-refractivity contribution < 1.29 is 14.6 Å². The molecule has 0 saturated heterocycles. The maximum Gasteiger partial charge on any atom is 0.131 e. The molecular formula is C19H20N2O3. The molecule has 1 aromatic heterocycles. The Balaban J connectivity index is 2.15. The minimum absolute atomic E-state index is 0.176. The van der Waals surface area contributed by atoms with Crippen LogP contribution in [0.5, 0.6) is 17.2 Å². The van der Waals surface area contributed by atoms with E-state index >= 15 is 0 Å². The first-order chi connectivity index (χ1) is 11.6. The second kappa shape index (κ2) is 6.28. The number of aryl methyl sites for hydroxylation is 1. The molecule has 124 valence electrons. The zero-order chi connectivity index (χ0) is 17.3. The number of phenolic OH excluding ortho intramolecular Hbond substituents is 1. The Morgan fingerprint density at radius 2 is 1.67 bits per heavy atom. The highest BCUT2D eigenvalue weighted by atomic mass is 16.5. The summed E-state index contributed by atoms with van der Waals surface area (Å²) >= 11 is 0. The van der Waals surface area contributed by atoms with Gasteiger partial charge in [-0.1, -0.05) is 12.1 Å². The zero-order valence-corrected chi connectivity index (χ0v) is 14.2. The van der Waals surface area contributed by atoms with Gasteiger partial charge in [0.05, 0.1) is 14.2 Å². The largest absolute Gasteiger partial charge is 0.507 e. The van der Waals surface area contributed by atoms with E-state index in [0.717, 1.165) is 22.6 Å². The number of rotatable bonds is 4. The van der Waals surface area contributed by atoms with E-state index in [1.807, 2.05) is 50.2 Å². The van der Waals surface area contributed by atoms with Gasteiger partial charge in [-0.2, -0.15) is 5.10 Å². The Labute approximate surface area is 140 Å². The second-order valence-corrected chi connectivity index (χ2v) is 5.59. The molecule has 3 rings (SSSR count). The quantitative estimate of drug-likeness (QED) is 0.759. The lowest BCUT2D eigenvalue weighted by Crippen LogP contribution is -1.91. The van der Waals surface area contributed by atoms with Crippen LogP contribution in [0.4, 0.5) is 0 Å². The van der Waals surface area contributed by atoms with E-state index in [9.17, 15) is 5.11 Å². The van der Waals surface area contributed by atoms with Gasteiger partial charge in [0, 0.05) is 22.4 Å². The summed E-state index contributed by atoms with van der Waals surface area (Å²) < 4.78 is 10.5. The van der Waals surface area contributed by atoms with Crippen molar-refractivity contribution in [3.05, 3.63) is 47.7 Å². The lowest BCUT2D eigenvalue weighted by atomic mass is 9.97. The first-order valence-electron chi connectivity index (χ1n) is 7.63. The number of H-pyrrole nitrogens is 1. The average molecular weight is 324 g/mol. The van der Waals surface area contributed by atoms with E-state index in [1.54, 1.807) is 14.2 Å². The maximum absolute atomic E-state index is 10.6. The standard InChI is InChI=1S/C19H20N2O3/c1-11-16(24-4)10-9-15(19(11)22)18-17(12(2)20-21-18)13-5-7-14(23-3)8-6-13/h5-10,22H,1-4H3,(H,20,21). The van der Waals surface area contributed by atoms with Crippen LogP contribution in [0.3, 0.4) is 0 Å². The molecule has 2 N–H and O–H groups in total. The minimum Gasteiger partial charge on any atom is -0.507 e. The number of aromatic amines is 1. The van der Waals surface area contributed by atoms with Crippen LogP contribution in [-0.4, -0.2) is 29.5 Å². The van der Waals surface area contributed by atoms with Crippen molar-refractivity contribution in [3.63, 3.8) is 0 Å². The van der Waals surface area contributed by atoms with Gasteiger partial charge >= 0.3 is 0 Å². The van der Waals surface area contributed by atoms with Crippen LogP contribution in [0, 0.1) is 13.8 Å². The van der Waals surface area contributed by atoms with Crippen LogP contribution >= 0.6 is 0 Å². The number of hydrogen-bond donors (Lipinski definition) is 2. The Kier molecular flexibility index (Phi) is 4.16. The number of hydrogen-bond acceptors (Lipinski definition) is 4. The van der Waals surface area contributed by atoms with Gasteiger partial charge in [-0.25, -0.2) is 0 Å². The van der Waals surface area contributed by atoms with Gasteiger partial charge in [0.15, 0.2) is 0 Å². The minimum atomic E-state index is 0.176. The molecule has 5 heteroatoms. The molecule has 0 spiro atoms. The van der Waals surface area contributed by atoms with Crippen molar-refractivity contribution in [1.82, 2.24) is 10.2 Å². The van der Waals surface area contributed by atoms with E-state index < -0.39 is 0 Å². The summed E-state index contributed by atoms with van der Waals surface area (Å²) in [5, 5.41) is 18.0. The lowest BCUT2D eigenvalue weighted by Gasteiger charge is -2.11. The molecule has 2 aromatic carbocycles. The summed E-state index contributed by atoms with van der Waals surface area (Å²) in [6.07, 6.45) is 0.